The van der Waals surface area contributed by atoms with Crippen LogP contribution in [0.1, 0.15) is 36.7 Å². The van der Waals surface area contributed by atoms with Crippen LogP contribution in [0.2, 0.25) is 5.02 Å². The van der Waals surface area contributed by atoms with Crippen molar-refractivity contribution in [1.82, 2.24) is 14.5 Å². The fourth-order valence-electron chi connectivity index (χ4n) is 3.62. The first-order valence-corrected chi connectivity index (χ1v) is 11.1. The van der Waals surface area contributed by atoms with Crippen molar-refractivity contribution in [1.29, 1.82) is 0 Å². The summed E-state index contributed by atoms with van der Waals surface area (Å²) >= 11 is 6.05. The summed E-state index contributed by atoms with van der Waals surface area (Å²) in [7, 11) is 0. The van der Waals surface area contributed by atoms with Crippen LogP contribution >= 0.6 is 11.6 Å². The molecule has 0 fully saturated rings. The van der Waals surface area contributed by atoms with Crippen molar-refractivity contribution in [3.8, 4) is 0 Å². The Kier molecular flexibility index (Phi) is 6.71. The van der Waals surface area contributed by atoms with Gasteiger partial charge in [0.1, 0.15) is 11.3 Å². The molecule has 2 N–H and O–H groups in total. The van der Waals surface area contributed by atoms with Gasteiger partial charge in [-0.1, -0.05) is 55.3 Å². The Morgan fingerprint density at radius 3 is 2.53 bits per heavy atom. The summed E-state index contributed by atoms with van der Waals surface area (Å²) in [6, 6.07) is 16.9. The molecule has 0 spiro atoms. The summed E-state index contributed by atoms with van der Waals surface area (Å²) in [4.78, 5) is 22.1. The average molecular weight is 448 g/mol. The lowest BCUT2D eigenvalue weighted by Gasteiger charge is -2.11. The first-order chi connectivity index (χ1) is 15.5. The number of unbranched alkanes of at least 4 members (excludes halogenated alkanes) is 1. The van der Waals surface area contributed by atoms with Crippen molar-refractivity contribution < 1.29 is 4.79 Å². The number of anilines is 2. The van der Waals surface area contributed by atoms with Crippen LogP contribution in [0.25, 0.3) is 11.2 Å². The van der Waals surface area contributed by atoms with Gasteiger partial charge < -0.3 is 15.2 Å². The maximum absolute atomic E-state index is 12.5. The van der Waals surface area contributed by atoms with E-state index < -0.39 is 0 Å². The van der Waals surface area contributed by atoms with Gasteiger partial charge in [-0.25, -0.2) is 14.8 Å². The van der Waals surface area contributed by atoms with E-state index in [0.717, 1.165) is 53.1 Å². The molecule has 0 saturated heterocycles. The number of fused-ring (bicyclic) bond motifs is 1. The number of aryl methyl sites for hydroxylation is 2. The summed E-state index contributed by atoms with van der Waals surface area (Å²) in [5.74, 6) is 0.998. The van der Waals surface area contributed by atoms with Crippen molar-refractivity contribution >= 4 is 40.2 Å². The number of para-hydroxylation sites is 1. The lowest BCUT2D eigenvalue weighted by atomic mass is 10.2. The average Bonchev–Trinajstić information content (AvgIpc) is 3.14. The summed E-state index contributed by atoms with van der Waals surface area (Å²) < 4.78 is 2.16. The van der Waals surface area contributed by atoms with Crippen molar-refractivity contribution in [2.75, 3.05) is 10.6 Å². The van der Waals surface area contributed by atoms with E-state index in [1.165, 1.54) is 0 Å². The highest BCUT2D eigenvalue weighted by Gasteiger charge is 2.17. The number of rotatable bonds is 7. The second-order valence-corrected chi connectivity index (χ2v) is 8.19. The molecular formula is C25H26ClN5O. The molecule has 2 aromatic heterocycles. The number of carbonyl (C=O) groups is 1. The zero-order valence-corrected chi connectivity index (χ0v) is 19.0. The van der Waals surface area contributed by atoms with Gasteiger partial charge in [-0.15, -0.1) is 0 Å². The summed E-state index contributed by atoms with van der Waals surface area (Å²) in [6.07, 6.45) is 4.71. The summed E-state index contributed by atoms with van der Waals surface area (Å²) in [5.41, 5.74) is 5.02. The number of pyridine rings is 1. The third-order valence-electron chi connectivity index (χ3n) is 5.38. The van der Waals surface area contributed by atoms with Gasteiger partial charge in [0.05, 0.1) is 18.4 Å². The topological polar surface area (TPSA) is 71.8 Å². The fourth-order valence-corrected chi connectivity index (χ4v) is 3.74. The van der Waals surface area contributed by atoms with Crippen molar-refractivity contribution in [2.45, 2.75) is 39.7 Å². The Hall–Kier alpha value is -3.38. The van der Waals surface area contributed by atoms with Crippen LogP contribution in [0.4, 0.5) is 16.2 Å². The molecule has 4 aromatic rings. The Labute approximate surface area is 192 Å². The molecule has 0 bridgehead atoms. The van der Waals surface area contributed by atoms with E-state index in [1.54, 1.807) is 6.20 Å². The highest BCUT2D eigenvalue weighted by Crippen LogP contribution is 2.26. The van der Waals surface area contributed by atoms with Gasteiger partial charge in [-0.2, -0.15) is 0 Å². The van der Waals surface area contributed by atoms with Crippen LogP contribution in [-0.4, -0.2) is 20.6 Å². The van der Waals surface area contributed by atoms with Gasteiger partial charge >= 0.3 is 6.03 Å². The number of amides is 2. The molecule has 0 aliphatic heterocycles. The highest BCUT2D eigenvalue weighted by atomic mass is 35.5. The molecule has 0 atom stereocenters. The van der Waals surface area contributed by atoms with E-state index in [-0.39, 0.29) is 6.03 Å². The van der Waals surface area contributed by atoms with E-state index in [9.17, 15) is 4.79 Å². The first-order valence-electron chi connectivity index (χ1n) is 10.8. The number of nitrogens with zero attached hydrogens (tertiary/aromatic N) is 3. The Morgan fingerprint density at radius 1 is 1.06 bits per heavy atom. The van der Waals surface area contributed by atoms with E-state index in [2.05, 4.69) is 27.1 Å². The number of carbonyl (C=O) groups excluding carboxylic acids is 1. The molecule has 32 heavy (non-hydrogen) atoms. The number of hydrogen-bond acceptors (Lipinski definition) is 3. The van der Waals surface area contributed by atoms with E-state index in [0.29, 0.717) is 17.3 Å². The molecule has 0 saturated carbocycles. The number of imidazole rings is 1. The molecular weight excluding hydrogens is 422 g/mol. The quantitative estimate of drug-likeness (QED) is 0.343. The lowest BCUT2D eigenvalue weighted by Crippen LogP contribution is -2.20. The number of halogens is 1. The molecule has 0 unspecified atom stereocenters. The Bertz CT molecular complexity index is 1220. The zero-order valence-electron chi connectivity index (χ0n) is 18.2. The lowest BCUT2D eigenvalue weighted by molar-refractivity contribution is 0.262. The molecule has 0 aliphatic carbocycles. The van der Waals surface area contributed by atoms with Crippen LogP contribution in [0.3, 0.4) is 0 Å². The van der Waals surface area contributed by atoms with Crippen molar-refractivity contribution in [3.63, 3.8) is 0 Å². The van der Waals surface area contributed by atoms with Gasteiger partial charge in [-0.05, 0) is 43.2 Å². The third-order valence-corrected chi connectivity index (χ3v) is 5.63. The smallest absolute Gasteiger partial charge is 0.308 e. The summed E-state index contributed by atoms with van der Waals surface area (Å²) in [6.45, 7) is 4.80. The van der Waals surface area contributed by atoms with Gasteiger partial charge in [0.15, 0.2) is 5.65 Å². The van der Waals surface area contributed by atoms with Gasteiger partial charge in [0.2, 0.25) is 0 Å². The number of benzene rings is 2. The van der Waals surface area contributed by atoms with Gasteiger partial charge in [0.25, 0.3) is 0 Å². The monoisotopic (exact) mass is 447 g/mol. The minimum absolute atomic E-state index is 0.313. The fraction of sp³-hybridized carbons (Fsp3) is 0.240. The maximum Gasteiger partial charge on any atom is 0.323 e. The maximum atomic E-state index is 12.5. The molecule has 164 valence electrons. The number of nitrogens with one attached hydrogen (secondary N) is 2. The predicted molar refractivity (Wildman–Crippen MR) is 131 cm³/mol. The molecule has 6 nitrogen and oxygen atoms in total. The standard InChI is InChI=1S/C25H26ClN5O/c1-3-4-10-22-30-23-17(2)21(29-25(32)28-20-8-6-5-7-9-20)15-27-24(23)31(22)16-18-11-13-19(26)14-12-18/h5-9,11-15H,3-4,10,16H2,1-2H3,(H2,28,29,32). The molecule has 2 heterocycles. The van der Waals surface area contributed by atoms with Crippen molar-refractivity contribution in [3.05, 3.63) is 82.8 Å². The number of urea groups is 1. The number of aromatic nitrogens is 3. The minimum atomic E-state index is -0.313. The van der Waals surface area contributed by atoms with Gasteiger partial charge in [-0.3, -0.25) is 0 Å². The normalized spacial score (nSPS) is 11.0. The largest absolute Gasteiger partial charge is 0.323 e. The third kappa shape index (κ3) is 4.92. The second-order valence-electron chi connectivity index (χ2n) is 7.76. The van der Waals surface area contributed by atoms with E-state index in [1.807, 2.05) is 61.5 Å². The molecule has 4 rings (SSSR count). The molecule has 0 radical (unpaired) electrons. The second kappa shape index (κ2) is 9.83. The van der Waals surface area contributed by atoms with Crippen LogP contribution in [0, 0.1) is 6.92 Å². The first kappa shape index (κ1) is 21.8. The number of hydrogen-bond donors (Lipinski definition) is 2. The Balaban J connectivity index is 1.64. The predicted octanol–water partition coefficient (Wildman–Crippen LogP) is 6.43. The highest BCUT2D eigenvalue weighted by molar-refractivity contribution is 6.30. The van der Waals surface area contributed by atoms with Crippen LogP contribution < -0.4 is 10.6 Å². The molecule has 2 amide bonds. The molecule has 0 aliphatic rings. The minimum Gasteiger partial charge on any atom is -0.308 e. The van der Waals surface area contributed by atoms with Crippen molar-refractivity contribution in [2.24, 2.45) is 0 Å². The van der Waals surface area contributed by atoms with E-state index in [4.69, 9.17) is 16.6 Å². The Morgan fingerprint density at radius 2 is 1.81 bits per heavy atom. The molecule has 7 heteroatoms. The molecule has 2 aromatic carbocycles. The zero-order chi connectivity index (χ0) is 22.5. The summed E-state index contributed by atoms with van der Waals surface area (Å²) in [5, 5.41) is 6.45. The van der Waals surface area contributed by atoms with E-state index >= 15 is 0 Å². The van der Waals surface area contributed by atoms with Gasteiger partial charge in [0, 0.05) is 22.7 Å². The SMILES string of the molecule is CCCCc1nc2c(C)c(NC(=O)Nc3ccccc3)cnc2n1Cc1ccc(Cl)cc1. The van der Waals surface area contributed by atoms with Crippen LogP contribution in [-0.2, 0) is 13.0 Å². The van der Waals surface area contributed by atoms with Crippen LogP contribution in [0.15, 0.2) is 60.8 Å². The van der Waals surface area contributed by atoms with Crippen LogP contribution in [0.5, 0.6) is 0 Å².